The largest absolute Gasteiger partial charge is 0.349 e. The molecule has 0 saturated carbocycles. The molecular formula is C18H24N4OS. The van der Waals surface area contributed by atoms with E-state index in [4.69, 9.17) is 4.98 Å². The number of H-pyrrole nitrogens is 1. The lowest BCUT2D eigenvalue weighted by molar-refractivity contribution is 0.323. The highest BCUT2D eigenvalue weighted by Crippen LogP contribution is 2.24. The molecule has 0 aliphatic rings. The fraction of sp³-hybridized carbons (Fsp3) is 0.444. The predicted octanol–water partition coefficient (Wildman–Crippen LogP) is 3.33. The van der Waals surface area contributed by atoms with Gasteiger partial charge in [0, 0.05) is 29.7 Å². The van der Waals surface area contributed by atoms with Crippen LogP contribution >= 0.6 is 11.8 Å². The minimum Gasteiger partial charge on any atom is -0.349 e. The first-order chi connectivity index (χ1) is 11.7. The molecule has 128 valence electrons. The highest BCUT2D eigenvalue weighted by molar-refractivity contribution is 7.99. The Balaban J connectivity index is 2.00. The van der Waals surface area contributed by atoms with Gasteiger partial charge in [0.2, 0.25) is 0 Å². The predicted molar refractivity (Wildman–Crippen MR) is 102 cm³/mol. The second-order valence-electron chi connectivity index (χ2n) is 5.71. The van der Waals surface area contributed by atoms with E-state index in [0.717, 1.165) is 47.0 Å². The Morgan fingerprint density at radius 1 is 1.21 bits per heavy atom. The lowest BCUT2D eigenvalue weighted by atomic mass is 10.2. The van der Waals surface area contributed by atoms with Crippen molar-refractivity contribution in [2.24, 2.45) is 0 Å². The molecule has 0 aliphatic carbocycles. The first-order valence-corrected chi connectivity index (χ1v) is 9.54. The number of nitrogens with zero attached hydrogens (tertiary/aromatic N) is 3. The standard InChI is InChI=1S/C18H24N4OS/c1-4-21(5-2)11-12-24-18-20-15-13-9-7-8-10-14(13)19-16(15)17(23)22(18)6-3/h7-10,19H,4-6,11-12H2,1-3H3. The van der Waals surface area contributed by atoms with Crippen LogP contribution in [0.2, 0.25) is 0 Å². The normalized spacial score (nSPS) is 11.8. The molecule has 6 heteroatoms. The van der Waals surface area contributed by atoms with Crippen LogP contribution in [0.5, 0.6) is 0 Å². The summed E-state index contributed by atoms with van der Waals surface area (Å²) in [7, 11) is 0. The van der Waals surface area contributed by atoms with Gasteiger partial charge in [-0.1, -0.05) is 43.8 Å². The summed E-state index contributed by atoms with van der Waals surface area (Å²) in [6, 6.07) is 7.95. The summed E-state index contributed by atoms with van der Waals surface area (Å²) in [5.74, 6) is 0.933. The minimum atomic E-state index is 0.0176. The molecule has 0 bridgehead atoms. The molecule has 2 heterocycles. The van der Waals surface area contributed by atoms with Gasteiger partial charge < -0.3 is 9.88 Å². The third-order valence-corrected chi connectivity index (χ3v) is 5.38. The number of hydrogen-bond donors (Lipinski definition) is 1. The summed E-state index contributed by atoms with van der Waals surface area (Å²) >= 11 is 1.67. The van der Waals surface area contributed by atoms with Crippen molar-refractivity contribution in [3.63, 3.8) is 0 Å². The fourth-order valence-corrected chi connectivity index (χ4v) is 4.03. The summed E-state index contributed by atoms with van der Waals surface area (Å²) in [4.78, 5) is 23.3. The Kier molecular flexibility index (Phi) is 5.26. The first-order valence-electron chi connectivity index (χ1n) is 8.55. The van der Waals surface area contributed by atoms with E-state index < -0.39 is 0 Å². The molecule has 0 radical (unpaired) electrons. The summed E-state index contributed by atoms with van der Waals surface area (Å²) in [5.41, 5.74) is 2.37. The number of thioether (sulfide) groups is 1. The van der Waals surface area contributed by atoms with Crippen molar-refractivity contribution in [2.75, 3.05) is 25.4 Å². The molecule has 0 fully saturated rings. The molecule has 0 atom stereocenters. The van der Waals surface area contributed by atoms with E-state index in [1.807, 2.05) is 31.2 Å². The third kappa shape index (κ3) is 3.08. The average Bonchev–Trinajstić information content (AvgIpc) is 2.98. The third-order valence-electron chi connectivity index (χ3n) is 4.43. The summed E-state index contributed by atoms with van der Waals surface area (Å²) in [6.07, 6.45) is 0. The van der Waals surface area contributed by atoms with Crippen LogP contribution in [-0.2, 0) is 6.54 Å². The smallest absolute Gasteiger partial charge is 0.278 e. The van der Waals surface area contributed by atoms with Crippen molar-refractivity contribution in [2.45, 2.75) is 32.5 Å². The Morgan fingerprint density at radius 2 is 1.96 bits per heavy atom. The Morgan fingerprint density at radius 3 is 2.67 bits per heavy atom. The molecule has 1 N–H and O–H groups in total. The SMILES string of the molecule is CCN(CC)CCSc1nc2c([nH]c3ccccc32)c(=O)n1CC. The van der Waals surface area contributed by atoms with E-state index in [-0.39, 0.29) is 5.56 Å². The van der Waals surface area contributed by atoms with Crippen LogP contribution in [0.4, 0.5) is 0 Å². The zero-order valence-corrected chi connectivity index (χ0v) is 15.3. The number of aromatic nitrogens is 3. The molecule has 3 rings (SSSR count). The zero-order chi connectivity index (χ0) is 17.1. The van der Waals surface area contributed by atoms with Crippen molar-refractivity contribution in [1.29, 1.82) is 0 Å². The molecular weight excluding hydrogens is 320 g/mol. The van der Waals surface area contributed by atoms with Crippen LogP contribution in [-0.4, -0.2) is 44.8 Å². The van der Waals surface area contributed by atoms with Crippen molar-refractivity contribution < 1.29 is 0 Å². The van der Waals surface area contributed by atoms with Gasteiger partial charge in [-0.2, -0.15) is 0 Å². The highest BCUT2D eigenvalue weighted by atomic mass is 32.2. The van der Waals surface area contributed by atoms with Crippen molar-refractivity contribution in [3.05, 3.63) is 34.6 Å². The number of hydrogen-bond acceptors (Lipinski definition) is 4. The van der Waals surface area contributed by atoms with E-state index in [1.165, 1.54) is 0 Å². The molecule has 0 spiro atoms. The maximum absolute atomic E-state index is 12.8. The molecule has 2 aromatic heterocycles. The molecule has 0 amide bonds. The van der Waals surface area contributed by atoms with Crippen LogP contribution in [0.3, 0.4) is 0 Å². The van der Waals surface area contributed by atoms with Gasteiger partial charge in [0.1, 0.15) is 11.0 Å². The molecule has 3 aromatic rings. The lowest BCUT2D eigenvalue weighted by Gasteiger charge is -2.17. The van der Waals surface area contributed by atoms with Crippen molar-refractivity contribution >= 4 is 33.7 Å². The van der Waals surface area contributed by atoms with E-state index in [1.54, 1.807) is 16.3 Å². The molecule has 0 saturated heterocycles. The van der Waals surface area contributed by atoms with Crippen molar-refractivity contribution in [1.82, 2.24) is 19.4 Å². The van der Waals surface area contributed by atoms with Gasteiger partial charge >= 0.3 is 0 Å². The number of nitrogens with one attached hydrogen (secondary N) is 1. The van der Waals surface area contributed by atoms with Crippen LogP contribution in [0, 0.1) is 0 Å². The van der Waals surface area contributed by atoms with E-state index in [9.17, 15) is 4.79 Å². The number of rotatable bonds is 7. The van der Waals surface area contributed by atoms with Gasteiger partial charge in [-0.05, 0) is 26.1 Å². The second kappa shape index (κ2) is 7.40. The number of fused-ring (bicyclic) bond motifs is 3. The van der Waals surface area contributed by atoms with Crippen molar-refractivity contribution in [3.8, 4) is 0 Å². The summed E-state index contributed by atoms with van der Waals surface area (Å²) in [6.45, 7) is 10.1. The van der Waals surface area contributed by atoms with Crippen LogP contribution < -0.4 is 5.56 Å². The Bertz CT molecular complexity index is 895. The zero-order valence-electron chi connectivity index (χ0n) is 14.5. The minimum absolute atomic E-state index is 0.0176. The summed E-state index contributed by atoms with van der Waals surface area (Å²) in [5, 5.41) is 1.82. The molecule has 5 nitrogen and oxygen atoms in total. The van der Waals surface area contributed by atoms with Gasteiger partial charge in [-0.15, -0.1) is 0 Å². The Labute approximate surface area is 146 Å². The average molecular weight is 344 g/mol. The molecule has 0 unspecified atom stereocenters. The maximum Gasteiger partial charge on any atom is 0.278 e. The first kappa shape index (κ1) is 17.0. The maximum atomic E-state index is 12.8. The number of aromatic amines is 1. The van der Waals surface area contributed by atoms with Crippen LogP contribution in [0.1, 0.15) is 20.8 Å². The highest BCUT2D eigenvalue weighted by Gasteiger charge is 2.15. The van der Waals surface area contributed by atoms with Gasteiger partial charge in [0.15, 0.2) is 5.16 Å². The quantitative estimate of drug-likeness (QED) is 0.528. The van der Waals surface area contributed by atoms with E-state index in [0.29, 0.717) is 12.1 Å². The lowest BCUT2D eigenvalue weighted by Crippen LogP contribution is -2.26. The van der Waals surface area contributed by atoms with Gasteiger partial charge in [-0.3, -0.25) is 9.36 Å². The molecule has 24 heavy (non-hydrogen) atoms. The number of benzene rings is 1. The topological polar surface area (TPSA) is 53.9 Å². The molecule has 1 aromatic carbocycles. The van der Waals surface area contributed by atoms with Crippen LogP contribution in [0.25, 0.3) is 21.9 Å². The Hall–Kier alpha value is -1.79. The van der Waals surface area contributed by atoms with Crippen LogP contribution in [0.15, 0.2) is 34.2 Å². The van der Waals surface area contributed by atoms with Gasteiger partial charge in [0.25, 0.3) is 5.56 Å². The monoisotopic (exact) mass is 344 g/mol. The molecule has 0 aliphatic heterocycles. The van der Waals surface area contributed by atoms with Gasteiger partial charge in [0.05, 0.1) is 0 Å². The van der Waals surface area contributed by atoms with E-state index >= 15 is 0 Å². The number of para-hydroxylation sites is 1. The van der Waals surface area contributed by atoms with Gasteiger partial charge in [-0.25, -0.2) is 4.98 Å². The fourth-order valence-electron chi connectivity index (χ4n) is 2.97. The van der Waals surface area contributed by atoms with E-state index in [2.05, 4.69) is 23.7 Å². The second-order valence-corrected chi connectivity index (χ2v) is 6.78. The summed E-state index contributed by atoms with van der Waals surface area (Å²) < 4.78 is 1.77.